The van der Waals surface area contributed by atoms with E-state index in [4.69, 9.17) is 52.1 Å². The van der Waals surface area contributed by atoms with E-state index in [0.29, 0.717) is 5.56 Å². The van der Waals surface area contributed by atoms with Crippen molar-refractivity contribution in [2.75, 3.05) is 13.2 Å². The molecular weight excluding hydrogens is 945 g/mol. The van der Waals surface area contributed by atoms with Gasteiger partial charge >= 0.3 is 11.9 Å². The fourth-order valence-corrected chi connectivity index (χ4v) is 9.07. The molecule has 14 nitrogen and oxygen atoms in total. The molecule has 1 N–H and O–H groups in total. The topological polar surface area (TPSA) is 156 Å². The van der Waals surface area contributed by atoms with E-state index in [1.165, 1.54) is 6.07 Å². The van der Waals surface area contributed by atoms with Crippen LogP contribution >= 0.6 is 0 Å². The van der Waals surface area contributed by atoms with Crippen LogP contribution in [0, 0.1) is 5.41 Å². The van der Waals surface area contributed by atoms with Crippen LogP contribution in [0.25, 0.3) is 0 Å². The van der Waals surface area contributed by atoms with Gasteiger partial charge in [0.1, 0.15) is 42.7 Å². The number of fused-ring (bicyclic) bond motifs is 1. The SMILES string of the molecule is CC(C)(C)C(=O)O[C@@H]1[C@@H](OCc2ccccc2C(=O)O)O[C@H](CO[C@@H]2O[C@@H]3COC(c4ccccc4)O[C@H]3[C@H](OCc3ccccc3)[C@@H]2OCc2ccccc2)[C@@H](OCc2ccccc2)[C@@H]1OCc1ccccc1. The van der Waals surface area contributed by atoms with E-state index in [-0.39, 0.29) is 51.8 Å². The summed E-state index contributed by atoms with van der Waals surface area (Å²) in [7, 11) is 0. The molecule has 14 heteroatoms. The Balaban J connectivity index is 1.07. The monoisotopic (exact) mass is 1010 g/mol. The van der Waals surface area contributed by atoms with Gasteiger partial charge in [-0.25, -0.2) is 4.79 Å². The summed E-state index contributed by atoms with van der Waals surface area (Å²) >= 11 is 0. The zero-order chi connectivity index (χ0) is 51.3. The zero-order valence-electron chi connectivity index (χ0n) is 41.8. The smallest absolute Gasteiger partial charge is 0.336 e. The fraction of sp³-hybridized carbons (Fsp3) is 0.367. The predicted molar refractivity (Wildman–Crippen MR) is 271 cm³/mol. The number of benzene rings is 6. The van der Waals surface area contributed by atoms with Crippen LogP contribution in [0.4, 0.5) is 0 Å². The lowest BCUT2D eigenvalue weighted by Gasteiger charge is -2.49. The van der Waals surface area contributed by atoms with Crippen molar-refractivity contribution in [3.63, 3.8) is 0 Å². The number of rotatable bonds is 21. The van der Waals surface area contributed by atoms with Crippen LogP contribution in [0.2, 0.25) is 0 Å². The third-order valence-electron chi connectivity index (χ3n) is 13.0. The average molecular weight is 1010 g/mol. The molecule has 0 bridgehead atoms. The number of esters is 1. The molecule has 3 heterocycles. The summed E-state index contributed by atoms with van der Waals surface area (Å²) in [5.41, 5.74) is 3.96. The van der Waals surface area contributed by atoms with Crippen molar-refractivity contribution in [1.82, 2.24) is 0 Å². The second-order valence-electron chi connectivity index (χ2n) is 19.5. The van der Waals surface area contributed by atoms with Crippen LogP contribution in [0.15, 0.2) is 176 Å². The first-order valence-corrected chi connectivity index (χ1v) is 25.1. The molecule has 0 aliphatic carbocycles. The molecule has 3 aliphatic heterocycles. The normalized spacial score (nSPS) is 25.9. The van der Waals surface area contributed by atoms with Gasteiger partial charge in [0.05, 0.1) is 57.2 Å². The van der Waals surface area contributed by atoms with Crippen molar-refractivity contribution < 1.29 is 66.8 Å². The maximum Gasteiger partial charge on any atom is 0.336 e. The summed E-state index contributed by atoms with van der Waals surface area (Å²) in [6.07, 6.45) is -10.2. The Hall–Kier alpha value is -6.14. The highest BCUT2D eigenvalue weighted by atomic mass is 16.8. The Bertz CT molecular complexity index is 2650. The van der Waals surface area contributed by atoms with E-state index in [2.05, 4.69) is 0 Å². The molecule has 6 aromatic carbocycles. The van der Waals surface area contributed by atoms with Crippen LogP contribution in [0.1, 0.15) is 70.8 Å². The van der Waals surface area contributed by atoms with Gasteiger partial charge in [-0.3, -0.25) is 4.79 Å². The lowest BCUT2D eigenvalue weighted by molar-refractivity contribution is -0.379. The van der Waals surface area contributed by atoms with Crippen LogP contribution in [-0.4, -0.2) is 91.7 Å². The number of carboxylic acids is 1. The van der Waals surface area contributed by atoms with Crippen molar-refractivity contribution in [2.24, 2.45) is 5.41 Å². The van der Waals surface area contributed by atoms with E-state index in [0.717, 1.165) is 27.8 Å². The Morgan fingerprint density at radius 3 is 1.51 bits per heavy atom. The zero-order valence-corrected chi connectivity index (χ0v) is 41.8. The number of carboxylic acid groups (broad SMARTS) is 1. The van der Waals surface area contributed by atoms with E-state index in [1.807, 2.05) is 152 Å². The number of hydrogen-bond acceptors (Lipinski definition) is 13. The predicted octanol–water partition coefficient (Wildman–Crippen LogP) is 9.78. The highest BCUT2D eigenvalue weighted by Crippen LogP contribution is 2.39. The van der Waals surface area contributed by atoms with Gasteiger partial charge in [-0.05, 0) is 54.7 Å². The number of carbonyl (C=O) groups is 2. The molecule has 0 saturated carbocycles. The maximum absolute atomic E-state index is 14.0. The number of carbonyl (C=O) groups excluding carboxylic acids is 1. The Morgan fingerprint density at radius 1 is 0.500 bits per heavy atom. The minimum atomic E-state index is -1.31. The lowest BCUT2D eigenvalue weighted by Crippen LogP contribution is -2.65. The highest BCUT2D eigenvalue weighted by molar-refractivity contribution is 5.89. The molecule has 0 spiro atoms. The maximum atomic E-state index is 14.0. The highest BCUT2D eigenvalue weighted by Gasteiger charge is 2.54. The van der Waals surface area contributed by atoms with Crippen molar-refractivity contribution in [2.45, 2.75) is 122 Å². The molecule has 11 atom stereocenters. The summed E-state index contributed by atoms with van der Waals surface area (Å²) in [5.74, 6) is -1.66. The molecule has 0 amide bonds. The number of aromatic carboxylic acids is 1. The second kappa shape index (κ2) is 25.4. The van der Waals surface area contributed by atoms with Gasteiger partial charge in [0.15, 0.2) is 25.0 Å². The quantitative estimate of drug-likeness (QED) is 0.0680. The van der Waals surface area contributed by atoms with Crippen LogP contribution in [-0.2, 0) is 89.9 Å². The van der Waals surface area contributed by atoms with E-state index >= 15 is 0 Å². The summed E-state index contributed by atoms with van der Waals surface area (Å²) in [6.45, 7) is 5.72. The Kier molecular flexibility index (Phi) is 18.1. The standard InChI is InChI=1S/C60H64O14/c1-60(2,3)59(63)74-54-51(65-34-41-23-11-5-12-24-41)49(64-33-40-21-9-4-10-22-40)47(71-58(54)68-37-45-31-19-20-32-46(45)55(61)62)38-70-57-53(67-36-43-27-15-7-16-28-43)52(66-35-42-25-13-6-14-26-42)50-48(72-57)39-69-56(73-50)44-29-17-8-18-30-44/h4-32,47-54,56-58H,33-39H2,1-3H3,(H,61,62)/t47-,48-,49-,50-,51+,52+,53+,54+,56?,57-,58+/m1/s1. The Labute approximate surface area is 432 Å². The minimum absolute atomic E-state index is 0.0523. The first kappa shape index (κ1) is 52.7. The van der Waals surface area contributed by atoms with Gasteiger partial charge in [-0.2, -0.15) is 0 Å². The molecule has 3 saturated heterocycles. The van der Waals surface area contributed by atoms with Gasteiger partial charge in [0.25, 0.3) is 0 Å². The molecule has 3 fully saturated rings. The summed E-state index contributed by atoms with van der Waals surface area (Å²) < 4.78 is 74.3. The van der Waals surface area contributed by atoms with Crippen molar-refractivity contribution in [3.8, 4) is 0 Å². The molecule has 1 unspecified atom stereocenters. The molecule has 9 rings (SSSR count). The third-order valence-corrected chi connectivity index (χ3v) is 13.0. The number of hydrogen-bond donors (Lipinski definition) is 1. The molecule has 388 valence electrons. The second-order valence-corrected chi connectivity index (χ2v) is 19.5. The molecule has 74 heavy (non-hydrogen) atoms. The summed E-state index contributed by atoms with van der Waals surface area (Å²) in [5, 5.41) is 10.1. The van der Waals surface area contributed by atoms with Gasteiger partial charge in [-0.1, -0.05) is 170 Å². The van der Waals surface area contributed by atoms with Crippen LogP contribution in [0.5, 0.6) is 0 Å². The third kappa shape index (κ3) is 13.8. The van der Waals surface area contributed by atoms with Crippen molar-refractivity contribution in [3.05, 3.63) is 215 Å². The minimum Gasteiger partial charge on any atom is -0.478 e. The number of ether oxygens (including phenoxy) is 11. The van der Waals surface area contributed by atoms with Gasteiger partial charge in [0, 0.05) is 5.56 Å². The molecule has 6 aromatic rings. The molecule has 3 aliphatic rings. The first-order valence-electron chi connectivity index (χ1n) is 25.1. The van der Waals surface area contributed by atoms with Gasteiger partial charge < -0.3 is 57.2 Å². The fourth-order valence-electron chi connectivity index (χ4n) is 9.07. The van der Waals surface area contributed by atoms with Gasteiger partial charge in [-0.15, -0.1) is 0 Å². The average Bonchev–Trinajstić information content (AvgIpc) is 3.43. The molecule has 0 radical (unpaired) electrons. The van der Waals surface area contributed by atoms with Crippen molar-refractivity contribution in [1.29, 1.82) is 0 Å². The molecule has 0 aromatic heterocycles. The lowest BCUT2D eigenvalue weighted by atomic mass is 9.95. The van der Waals surface area contributed by atoms with Gasteiger partial charge in [0.2, 0.25) is 0 Å². The van der Waals surface area contributed by atoms with Crippen LogP contribution in [0.3, 0.4) is 0 Å². The summed E-state index contributed by atoms with van der Waals surface area (Å²) in [6, 6.07) is 55.3. The molecular formula is C60H64O14. The summed E-state index contributed by atoms with van der Waals surface area (Å²) in [4.78, 5) is 26.4. The van der Waals surface area contributed by atoms with E-state index in [1.54, 1.807) is 39.0 Å². The largest absolute Gasteiger partial charge is 0.478 e. The Morgan fingerprint density at radius 2 is 0.973 bits per heavy atom. The first-order chi connectivity index (χ1) is 36.1. The van der Waals surface area contributed by atoms with Crippen molar-refractivity contribution >= 4 is 11.9 Å². The van der Waals surface area contributed by atoms with Crippen LogP contribution < -0.4 is 0 Å². The van der Waals surface area contributed by atoms with E-state index in [9.17, 15) is 14.7 Å². The van der Waals surface area contributed by atoms with E-state index < -0.39 is 85.1 Å².